The van der Waals surface area contributed by atoms with Crippen LogP contribution in [0.5, 0.6) is 0 Å². The van der Waals surface area contributed by atoms with Crippen LogP contribution in [0.15, 0.2) is 22.8 Å². The molecule has 0 saturated heterocycles. The molecule has 0 bridgehead atoms. The zero-order valence-corrected chi connectivity index (χ0v) is 10.2. The molecule has 2 rings (SSSR count). The molecule has 15 heavy (non-hydrogen) atoms. The fourth-order valence-corrected chi connectivity index (χ4v) is 2.05. The first-order chi connectivity index (χ1) is 7.09. The number of carbonyl (C=O) groups excluding carboxylic acids is 1. The number of nitrogens with zero attached hydrogens (tertiary/aromatic N) is 1. The summed E-state index contributed by atoms with van der Waals surface area (Å²) in [5.41, 5.74) is 0.457. The number of hydrogen-bond acceptors (Lipinski definition) is 2. The summed E-state index contributed by atoms with van der Waals surface area (Å²) < 4.78 is 0.689. The summed E-state index contributed by atoms with van der Waals surface area (Å²) in [6.07, 6.45) is 3.32. The number of aromatic nitrogens is 1. The van der Waals surface area contributed by atoms with Crippen molar-refractivity contribution in [2.45, 2.75) is 31.7 Å². The van der Waals surface area contributed by atoms with E-state index < -0.39 is 0 Å². The van der Waals surface area contributed by atoms with Gasteiger partial charge < -0.3 is 5.32 Å². The average molecular weight is 269 g/mol. The Bertz CT molecular complexity index is 388. The fourth-order valence-electron chi connectivity index (χ4n) is 1.70. The van der Waals surface area contributed by atoms with Crippen LogP contribution in [0.3, 0.4) is 0 Å². The maximum atomic E-state index is 11.8. The molecule has 0 unspecified atom stereocenters. The van der Waals surface area contributed by atoms with Gasteiger partial charge in [-0.15, -0.1) is 0 Å². The highest BCUT2D eigenvalue weighted by molar-refractivity contribution is 9.10. The van der Waals surface area contributed by atoms with Crippen molar-refractivity contribution in [1.82, 2.24) is 10.3 Å². The van der Waals surface area contributed by atoms with Crippen molar-refractivity contribution in [3.63, 3.8) is 0 Å². The Morgan fingerprint density at radius 3 is 2.80 bits per heavy atom. The molecule has 1 aromatic heterocycles. The predicted molar refractivity (Wildman–Crippen MR) is 61.7 cm³/mol. The number of pyridine rings is 1. The molecule has 1 aliphatic rings. The maximum Gasteiger partial charge on any atom is 0.270 e. The molecule has 80 valence electrons. The Balaban J connectivity index is 2.08. The zero-order valence-electron chi connectivity index (χ0n) is 8.59. The second-order valence-corrected chi connectivity index (χ2v) is 5.03. The molecule has 1 aliphatic carbocycles. The van der Waals surface area contributed by atoms with Crippen LogP contribution < -0.4 is 5.32 Å². The smallest absolute Gasteiger partial charge is 0.270 e. The van der Waals surface area contributed by atoms with Crippen LogP contribution in [0.2, 0.25) is 0 Å². The highest BCUT2D eigenvalue weighted by atomic mass is 79.9. The van der Waals surface area contributed by atoms with Gasteiger partial charge in [0.15, 0.2) is 0 Å². The van der Waals surface area contributed by atoms with Crippen LogP contribution in [-0.2, 0) is 0 Å². The van der Waals surface area contributed by atoms with Gasteiger partial charge in [-0.2, -0.15) is 0 Å². The Morgan fingerprint density at radius 1 is 1.53 bits per heavy atom. The molecule has 0 spiro atoms. The van der Waals surface area contributed by atoms with E-state index >= 15 is 0 Å². The second kappa shape index (κ2) is 3.93. The van der Waals surface area contributed by atoms with Crippen molar-refractivity contribution < 1.29 is 4.79 Å². The van der Waals surface area contributed by atoms with Gasteiger partial charge in [-0.3, -0.25) is 4.79 Å². The molecule has 1 fully saturated rings. The van der Waals surface area contributed by atoms with Crippen molar-refractivity contribution in [2.24, 2.45) is 0 Å². The van der Waals surface area contributed by atoms with E-state index in [4.69, 9.17) is 0 Å². The lowest BCUT2D eigenvalue weighted by Gasteiger charge is -2.38. The van der Waals surface area contributed by atoms with E-state index in [1.807, 2.05) is 12.1 Å². The van der Waals surface area contributed by atoms with Crippen molar-refractivity contribution in [1.29, 1.82) is 0 Å². The van der Waals surface area contributed by atoms with E-state index in [0.29, 0.717) is 10.3 Å². The zero-order chi connectivity index (χ0) is 10.9. The van der Waals surface area contributed by atoms with Crippen molar-refractivity contribution in [3.8, 4) is 0 Å². The Labute approximate surface area is 97.4 Å². The Kier molecular flexibility index (Phi) is 2.78. The van der Waals surface area contributed by atoms with Crippen molar-refractivity contribution in [3.05, 3.63) is 28.5 Å². The van der Waals surface area contributed by atoms with Crippen LogP contribution >= 0.6 is 15.9 Å². The Morgan fingerprint density at radius 2 is 2.27 bits per heavy atom. The minimum atomic E-state index is -0.0847. The van der Waals surface area contributed by atoms with Gasteiger partial charge in [-0.05, 0) is 54.2 Å². The molecule has 1 aromatic rings. The summed E-state index contributed by atoms with van der Waals surface area (Å²) in [6, 6.07) is 5.35. The minimum absolute atomic E-state index is 0.0128. The van der Waals surface area contributed by atoms with Crippen LogP contribution in [0.4, 0.5) is 0 Å². The van der Waals surface area contributed by atoms with Crippen molar-refractivity contribution in [2.75, 3.05) is 0 Å². The quantitative estimate of drug-likeness (QED) is 0.838. The predicted octanol–water partition coefficient (Wildman–Crippen LogP) is 2.52. The molecule has 3 nitrogen and oxygen atoms in total. The molecule has 1 N–H and O–H groups in total. The third-order valence-electron chi connectivity index (χ3n) is 2.82. The number of halogens is 1. The summed E-state index contributed by atoms with van der Waals surface area (Å²) >= 11 is 3.25. The summed E-state index contributed by atoms with van der Waals surface area (Å²) in [4.78, 5) is 15.9. The topological polar surface area (TPSA) is 42.0 Å². The van der Waals surface area contributed by atoms with Gasteiger partial charge in [-0.25, -0.2) is 4.98 Å². The van der Waals surface area contributed by atoms with E-state index in [1.54, 1.807) is 6.07 Å². The number of carbonyl (C=O) groups is 1. The minimum Gasteiger partial charge on any atom is -0.346 e. The van der Waals surface area contributed by atoms with E-state index in [2.05, 4.69) is 33.2 Å². The van der Waals surface area contributed by atoms with E-state index in [9.17, 15) is 4.79 Å². The van der Waals surface area contributed by atoms with Crippen LogP contribution in [0, 0.1) is 0 Å². The Hall–Kier alpha value is -0.900. The summed E-state index contributed by atoms with van der Waals surface area (Å²) in [5.74, 6) is -0.0847. The van der Waals surface area contributed by atoms with Gasteiger partial charge in [0.1, 0.15) is 10.3 Å². The van der Waals surface area contributed by atoms with E-state index in [0.717, 1.165) is 12.8 Å². The third kappa shape index (κ3) is 2.37. The highest BCUT2D eigenvalue weighted by Crippen LogP contribution is 2.31. The molecule has 1 amide bonds. The van der Waals surface area contributed by atoms with Gasteiger partial charge in [-0.1, -0.05) is 6.07 Å². The molecule has 1 saturated carbocycles. The van der Waals surface area contributed by atoms with E-state index in [1.165, 1.54) is 6.42 Å². The number of nitrogens with one attached hydrogen (secondary N) is 1. The fraction of sp³-hybridized carbons (Fsp3) is 0.455. The summed E-state index contributed by atoms with van der Waals surface area (Å²) in [5, 5.41) is 3.01. The van der Waals surface area contributed by atoms with Gasteiger partial charge in [0, 0.05) is 5.54 Å². The van der Waals surface area contributed by atoms with Gasteiger partial charge in [0.2, 0.25) is 0 Å². The SMILES string of the molecule is CC1(NC(=O)c2cccc(Br)n2)CCC1. The second-order valence-electron chi connectivity index (χ2n) is 4.21. The monoisotopic (exact) mass is 268 g/mol. The van der Waals surface area contributed by atoms with Crippen LogP contribution in [0.25, 0.3) is 0 Å². The lowest BCUT2D eigenvalue weighted by molar-refractivity contribution is 0.0845. The first-order valence-corrected chi connectivity index (χ1v) is 5.83. The molecule has 0 atom stereocenters. The first kappa shape index (κ1) is 10.6. The molecular formula is C11H13BrN2O. The summed E-state index contributed by atoms with van der Waals surface area (Å²) in [7, 11) is 0. The standard InChI is InChI=1S/C11H13BrN2O/c1-11(6-3-7-11)14-10(15)8-4-2-5-9(12)13-8/h2,4-5H,3,6-7H2,1H3,(H,14,15). The highest BCUT2D eigenvalue weighted by Gasteiger charge is 2.33. The van der Waals surface area contributed by atoms with Crippen LogP contribution in [0.1, 0.15) is 36.7 Å². The molecular weight excluding hydrogens is 256 g/mol. The maximum absolute atomic E-state index is 11.8. The summed E-state index contributed by atoms with van der Waals surface area (Å²) in [6.45, 7) is 2.08. The lowest BCUT2D eigenvalue weighted by Crippen LogP contribution is -2.51. The molecule has 0 aromatic carbocycles. The normalized spacial score (nSPS) is 18.0. The molecule has 0 aliphatic heterocycles. The number of rotatable bonds is 2. The molecule has 4 heteroatoms. The third-order valence-corrected chi connectivity index (χ3v) is 3.26. The first-order valence-electron chi connectivity index (χ1n) is 5.04. The van der Waals surface area contributed by atoms with Crippen molar-refractivity contribution >= 4 is 21.8 Å². The van der Waals surface area contributed by atoms with Crippen LogP contribution in [-0.4, -0.2) is 16.4 Å². The van der Waals surface area contributed by atoms with E-state index in [-0.39, 0.29) is 11.4 Å². The number of amides is 1. The molecule has 0 radical (unpaired) electrons. The van der Waals surface area contributed by atoms with Gasteiger partial charge in [0.25, 0.3) is 5.91 Å². The number of hydrogen-bond donors (Lipinski definition) is 1. The van der Waals surface area contributed by atoms with Gasteiger partial charge in [0.05, 0.1) is 0 Å². The van der Waals surface area contributed by atoms with Gasteiger partial charge >= 0.3 is 0 Å². The molecule has 1 heterocycles. The largest absolute Gasteiger partial charge is 0.346 e. The lowest BCUT2D eigenvalue weighted by atomic mass is 9.78. The average Bonchev–Trinajstić information content (AvgIpc) is 2.15.